The summed E-state index contributed by atoms with van der Waals surface area (Å²) >= 11 is 0. The Bertz CT molecular complexity index is 311. The molecule has 0 aromatic heterocycles. The normalized spacial score (nSPS) is 12.6. The highest BCUT2D eigenvalue weighted by Gasteiger charge is 2.03. The first-order valence-corrected chi connectivity index (χ1v) is 6.60. The lowest BCUT2D eigenvalue weighted by molar-refractivity contribution is 0.0693. The maximum absolute atomic E-state index is 5.41. The van der Waals surface area contributed by atoms with Crippen molar-refractivity contribution in [1.29, 1.82) is 0 Å². The summed E-state index contributed by atoms with van der Waals surface area (Å²) in [5, 5.41) is 3.50. The smallest absolute Gasteiger partial charge is 0.0700 e. The second-order valence-electron chi connectivity index (χ2n) is 4.55. The molecule has 0 bridgehead atoms. The number of rotatable bonds is 9. The molecule has 0 amide bonds. The van der Waals surface area contributed by atoms with Crippen LogP contribution in [-0.4, -0.2) is 33.5 Å². The Labute approximate surface area is 110 Å². The molecule has 0 aliphatic carbocycles. The molecule has 1 aromatic rings. The molecule has 1 N–H and O–H groups in total. The van der Waals surface area contributed by atoms with Gasteiger partial charge in [0, 0.05) is 19.8 Å². The van der Waals surface area contributed by atoms with Gasteiger partial charge in [-0.3, -0.25) is 0 Å². The lowest BCUT2D eigenvalue weighted by Crippen LogP contribution is -2.21. The average Bonchev–Trinajstić information content (AvgIpc) is 2.38. The van der Waals surface area contributed by atoms with E-state index in [1.54, 1.807) is 7.11 Å². The molecule has 3 nitrogen and oxygen atoms in total. The van der Waals surface area contributed by atoms with E-state index in [1.165, 1.54) is 11.1 Å². The largest absolute Gasteiger partial charge is 0.382 e. The van der Waals surface area contributed by atoms with Crippen LogP contribution in [-0.2, 0) is 9.47 Å². The van der Waals surface area contributed by atoms with E-state index >= 15 is 0 Å². The fraction of sp³-hybridized carbons (Fsp3) is 0.600. The highest BCUT2D eigenvalue weighted by atomic mass is 16.5. The molecule has 102 valence electrons. The predicted octanol–water partition coefficient (Wildman–Crippen LogP) is 2.70. The second kappa shape index (κ2) is 9.09. The molecule has 0 fully saturated rings. The molecule has 0 spiro atoms. The molecule has 0 saturated carbocycles. The van der Waals surface area contributed by atoms with Crippen LogP contribution in [0.25, 0.3) is 0 Å². The summed E-state index contributed by atoms with van der Waals surface area (Å²) in [6, 6.07) is 9.07. The highest BCUT2D eigenvalue weighted by Crippen LogP contribution is 2.12. The summed E-state index contributed by atoms with van der Waals surface area (Å²) in [5.41, 5.74) is 2.64. The molecule has 0 heterocycles. The van der Waals surface area contributed by atoms with Crippen molar-refractivity contribution in [2.45, 2.75) is 26.3 Å². The van der Waals surface area contributed by atoms with Gasteiger partial charge in [0.2, 0.25) is 0 Å². The van der Waals surface area contributed by atoms with E-state index in [1.807, 2.05) is 0 Å². The summed E-state index contributed by atoms with van der Waals surface area (Å²) in [4.78, 5) is 0. The Morgan fingerprint density at radius 2 is 1.83 bits per heavy atom. The van der Waals surface area contributed by atoms with Crippen LogP contribution in [0.3, 0.4) is 0 Å². The van der Waals surface area contributed by atoms with E-state index in [9.17, 15) is 0 Å². The molecule has 3 heteroatoms. The van der Waals surface area contributed by atoms with Gasteiger partial charge < -0.3 is 14.8 Å². The zero-order valence-electron chi connectivity index (χ0n) is 11.7. The minimum Gasteiger partial charge on any atom is -0.382 e. The van der Waals surface area contributed by atoms with Crippen LogP contribution >= 0.6 is 0 Å². The zero-order valence-corrected chi connectivity index (χ0v) is 11.7. The first-order chi connectivity index (χ1) is 8.74. The third-order valence-corrected chi connectivity index (χ3v) is 2.93. The summed E-state index contributed by atoms with van der Waals surface area (Å²) in [5.74, 6) is 0. The van der Waals surface area contributed by atoms with Crippen LogP contribution in [0.4, 0.5) is 0 Å². The summed E-state index contributed by atoms with van der Waals surface area (Å²) < 4.78 is 10.3. The van der Waals surface area contributed by atoms with E-state index < -0.39 is 0 Å². The van der Waals surface area contributed by atoms with Gasteiger partial charge >= 0.3 is 0 Å². The third-order valence-electron chi connectivity index (χ3n) is 2.93. The molecule has 1 rings (SSSR count). The number of ether oxygens (including phenoxy) is 2. The molecule has 0 radical (unpaired) electrons. The number of hydrogen-bond donors (Lipinski definition) is 1. The van der Waals surface area contributed by atoms with Gasteiger partial charge in [-0.1, -0.05) is 29.8 Å². The van der Waals surface area contributed by atoms with Crippen LogP contribution in [0.2, 0.25) is 0 Å². The van der Waals surface area contributed by atoms with Crippen LogP contribution in [0, 0.1) is 6.92 Å². The third kappa shape index (κ3) is 6.15. The fourth-order valence-corrected chi connectivity index (χ4v) is 1.71. The van der Waals surface area contributed by atoms with Crippen molar-refractivity contribution < 1.29 is 9.47 Å². The predicted molar refractivity (Wildman–Crippen MR) is 74.9 cm³/mol. The number of methoxy groups -OCH3 is 1. The number of nitrogens with one attached hydrogen (secondary N) is 1. The Hall–Kier alpha value is -0.900. The van der Waals surface area contributed by atoms with E-state index in [0.717, 1.165) is 19.6 Å². The standard InChI is InChI=1S/C15H25NO2/c1-13-5-7-15(8-6-13)14(2)16-9-4-10-18-12-11-17-3/h5-8,14,16H,4,9-12H2,1-3H3/t14-/m1/s1. The van der Waals surface area contributed by atoms with Gasteiger partial charge in [0.15, 0.2) is 0 Å². The molecule has 1 aromatic carbocycles. The molecule has 18 heavy (non-hydrogen) atoms. The quantitative estimate of drug-likeness (QED) is 0.685. The van der Waals surface area contributed by atoms with Crippen molar-refractivity contribution >= 4 is 0 Å². The van der Waals surface area contributed by atoms with Crippen LogP contribution in [0.1, 0.15) is 30.5 Å². The van der Waals surface area contributed by atoms with Crippen molar-refractivity contribution in [3.8, 4) is 0 Å². The Morgan fingerprint density at radius 3 is 2.50 bits per heavy atom. The monoisotopic (exact) mass is 251 g/mol. The number of benzene rings is 1. The Kier molecular flexibility index (Phi) is 7.65. The minimum absolute atomic E-state index is 0.393. The van der Waals surface area contributed by atoms with Crippen LogP contribution < -0.4 is 5.32 Å². The Balaban J connectivity index is 2.10. The van der Waals surface area contributed by atoms with Crippen molar-refractivity contribution in [1.82, 2.24) is 5.32 Å². The molecule has 0 saturated heterocycles. The van der Waals surface area contributed by atoms with Gasteiger partial charge in [-0.15, -0.1) is 0 Å². The maximum atomic E-state index is 5.41. The van der Waals surface area contributed by atoms with Crippen LogP contribution in [0.5, 0.6) is 0 Å². The second-order valence-corrected chi connectivity index (χ2v) is 4.55. The first-order valence-electron chi connectivity index (χ1n) is 6.60. The summed E-state index contributed by atoms with van der Waals surface area (Å²) in [7, 11) is 1.69. The molecule has 0 aliphatic rings. The highest BCUT2D eigenvalue weighted by molar-refractivity contribution is 5.23. The topological polar surface area (TPSA) is 30.5 Å². The van der Waals surface area contributed by atoms with Crippen molar-refractivity contribution in [2.24, 2.45) is 0 Å². The van der Waals surface area contributed by atoms with Crippen molar-refractivity contribution in [2.75, 3.05) is 33.5 Å². The lowest BCUT2D eigenvalue weighted by atomic mass is 10.1. The molecule has 0 unspecified atom stereocenters. The fourth-order valence-electron chi connectivity index (χ4n) is 1.71. The minimum atomic E-state index is 0.393. The average molecular weight is 251 g/mol. The number of aryl methyl sites for hydroxylation is 1. The van der Waals surface area contributed by atoms with Crippen molar-refractivity contribution in [3.05, 3.63) is 35.4 Å². The van der Waals surface area contributed by atoms with E-state index in [0.29, 0.717) is 19.3 Å². The van der Waals surface area contributed by atoms with Crippen molar-refractivity contribution in [3.63, 3.8) is 0 Å². The van der Waals surface area contributed by atoms with E-state index in [4.69, 9.17) is 9.47 Å². The Morgan fingerprint density at radius 1 is 1.11 bits per heavy atom. The molecule has 0 aliphatic heterocycles. The SMILES string of the molecule is COCCOCCCN[C@H](C)c1ccc(C)cc1. The lowest BCUT2D eigenvalue weighted by Gasteiger charge is -2.14. The van der Waals surface area contributed by atoms with Gasteiger partial charge in [0.1, 0.15) is 0 Å². The molecular formula is C15H25NO2. The van der Waals surface area contributed by atoms with E-state index in [2.05, 4.69) is 43.4 Å². The van der Waals surface area contributed by atoms with Gasteiger partial charge in [-0.25, -0.2) is 0 Å². The van der Waals surface area contributed by atoms with Gasteiger partial charge in [-0.2, -0.15) is 0 Å². The first kappa shape index (κ1) is 15.2. The van der Waals surface area contributed by atoms with E-state index in [-0.39, 0.29) is 0 Å². The van der Waals surface area contributed by atoms with Gasteiger partial charge in [0.25, 0.3) is 0 Å². The maximum Gasteiger partial charge on any atom is 0.0700 e. The summed E-state index contributed by atoms with van der Waals surface area (Å²) in [6.07, 6.45) is 1.03. The van der Waals surface area contributed by atoms with Gasteiger partial charge in [0.05, 0.1) is 13.2 Å². The number of hydrogen-bond acceptors (Lipinski definition) is 3. The van der Waals surface area contributed by atoms with Crippen LogP contribution in [0.15, 0.2) is 24.3 Å². The van der Waals surface area contributed by atoms with Gasteiger partial charge in [-0.05, 0) is 32.4 Å². The summed E-state index contributed by atoms with van der Waals surface area (Å²) in [6.45, 7) is 7.42. The molecular weight excluding hydrogens is 226 g/mol. The molecule has 1 atom stereocenters. The zero-order chi connectivity index (χ0) is 13.2.